The van der Waals surface area contributed by atoms with Crippen LogP contribution in [0.2, 0.25) is 0 Å². The Morgan fingerprint density at radius 1 is 0.889 bits per heavy atom. The number of fused-ring (bicyclic) bond motifs is 1. The number of aryl methyl sites for hydroxylation is 1. The smallest absolute Gasteiger partial charge is 0.251 e. The maximum atomic E-state index is 12.6. The number of amides is 2. The number of nitrogens with two attached hydrogens (primary N) is 1. The SMILES string of the molecule is CCCN(CCCCNC(=O)c1ccc(-c2ccccc2)cc1)[C@@H]1CCc2ccc(C(N)=O)cc2C1. The highest BCUT2D eigenvalue weighted by Gasteiger charge is 2.24. The van der Waals surface area contributed by atoms with E-state index in [1.165, 1.54) is 11.1 Å². The van der Waals surface area contributed by atoms with Crippen molar-refractivity contribution in [2.24, 2.45) is 5.73 Å². The topological polar surface area (TPSA) is 75.4 Å². The molecule has 0 aliphatic heterocycles. The van der Waals surface area contributed by atoms with Crippen molar-refractivity contribution in [1.82, 2.24) is 10.2 Å². The molecule has 5 heteroatoms. The van der Waals surface area contributed by atoms with E-state index in [1.54, 1.807) is 0 Å². The van der Waals surface area contributed by atoms with Crippen LogP contribution in [0.15, 0.2) is 72.8 Å². The van der Waals surface area contributed by atoms with Gasteiger partial charge >= 0.3 is 0 Å². The summed E-state index contributed by atoms with van der Waals surface area (Å²) in [6.07, 6.45) is 6.24. The second-order valence-corrected chi connectivity index (χ2v) is 9.69. The zero-order chi connectivity index (χ0) is 25.3. The lowest BCUT2D eigenvalue weighted by molar-refractivity contribution is 0.0950. The van der Waals surface area contributed by atoms with Gasteiger partial charge in [-0.2, -0.15) is 0 Å². The van der Waals surface area contributed by atoms with Gasteiger partial charge in [0.1, 0.15) is 0 Å². The lowest BCUT2D eigenvalue weighted by Gasteiger charge is -2.35. The molecule has 0 aromatic heterocycles. The molecule has 3 aromatic carbocycles. The summed E-state index contributed by atoms with van der Waals surface area (Å²) in [6.45, 7) is 4.98. The molecule has 3 N–H and O–H groups in total. The molecule has 0 bridgehead atoms. The first-order chi connectivity index (χ1) is 17.5. The molecule has 3 aromatic rings. The van der Waals surface area contributed by atoms with Crippen molar-refractivity contribution in [2.45, 2.75) is 51.5 Å². The number of primary amides is 1. The average molecular weight is 484 g/mol. The van der Waals surface area contributed by atoms with Gasteiger partial charge in [-0.25, -0.2) is 0 Å². The molecule has 0 saturated carbocycles. The molecule has 188 valence electrons. The van der Waals surface area contributed by atoms with Crippen LogP contribution in [0.25, 0.3) is 11.1 Å². The molecule has 4 rings (SSSR count). The maximum Gasteiger partial charge on any atom is 0.251 e. The zero-order valence-electron chi connectivity index (χ0n) is 21.2. The molecule has 1 aliphatic rings. The van der Waals surface area contributed by atoms with E-state index in [-0.39, 0.29) is 11.8 Å². The first kappa shape index (κ1) is 25.6. The third kappa shape index (κ3) is 6.61. The summed E-state index contributed by atoms with van der Waals surface area (Å²) in [6, 6.07) is 24.3. The van der Waals surface area contributed by atoms with Gasteiger partial charge in [0.25, 0.3) is 5.91 Å². The normalized spacial score (nSPS) is 14.9. The van der Waals surface area contributed by atoms with Crippen LogP contribution in [0.4, 0.5) is 0 Å². The first-order valence-electron chi connectivity index (χ1n) is 13.1. The Bertz CT molecular complexity index is 1160. The third-order valence-electron chi connectivity index (χ3n) is 7.13. The Morgan fingerprint density at radius 3 is 2.33 bits per heavy atom. The Morgan fingerprint density at radius 2 is 1.61 bits per heavy atom. The predicted octanol–water partition coefficient (Wildman–Crippen LogP) is 5.23. The summed E-state index contributed by atoms with van der Waals surface area (Å²) in [4.78, 5) is 26.8. The van der Waals surface area contributed by atoms with Crippen molar-refractivity contribution in [3.63, 3.8) is 0 Å². The number of carbonyl (C=O) groups excluding carboxylic acids is 2. The number of carbonyl (C=O) groups is 2. The summed E-state index contributed by atoms with van der Waals surface area (Å²) in [5, 5.41) is 3.07. The molecule has 0 fully saturated rings. The van der Waals surface area contributed by atoms with Crippen LogP contribution in [-0.4, -0.2) is 42.4 Å². The molecular formula is C31H37N3O2. The highest BCUT2D eigenvalue weighted by Crippen LogP contribution is 2.26. The van der Waals surface area contributed by atoms with E-state index in [1.807, 2.05) is 54.6 Å². The number of rotatable bonds is 11. The van der Waals surface area contributed by atoms with Gasteiger partial charge in [0.05, 0.1) is 0 Å². The molecule has 0 unspecified atom stereocenters. The monoisotopic (exact) mass is 483 g/mol. The molecule has 0 radical (unpaired) electrons. The van der Waals surface area contributed by atoms with Crippen LogP contribution in [-0.2, 0) is 12.8 Å². The largest absolute Gasteiger partial charge is 0.366 e. The van der Waals surface area contributed by atoms with Crippen molar-refractivity contribution < 1.29 is 9.59 Å². The van der Waals surface area contributed by atoms with Crippen LogP contribution < -0.4 is 11.1 Å². The van der Waals surface area contributed by atoms with Crippen LogP contribution in [0, 0.1) is 0 Å². The molecule has 0 spiro atoms. The van der Waals surface area contributed by atoms with Gasteiger partial charge in [-0.3, -0.25) is 9.59 Å². The van der Waals surface area contributed by atoms with Gasteiger partial charge in [-0.15, -0.1) is 0 Å². The average Bonchev–Trinajstić information content (AvgIpc) is 2.92. The van der Waals surface area contributed by atoms with Gasteiger partial charge in [0, 0.05) is 23.7 Å². The molecule has 0 heterocycles. The number of hydrogen-bond donors (Lipinski definition) is 2. The Labute approximate surface area is 214 Å². The number of nitrogens with zero attached hydrogens (tertiary/aromatic N) is 1. The second-order valence-electron chi connectivity index (χ2n) is 9.69. The first-order valence-corrected chi connectivity index (χ1v) is 13.1. The number of nitrogens with one attached hydrogen (secondary N) is 1. The summed E-state index contributed by atoms with van der Waals surface area (Å²) in [5.74, 6) is -0.381. The second kappa shape index (κ2) is 12.5. The fourth-order valence-electron chi connectivity index (χ4n) is 5.16. The van der Waals surface area contributed by atoms with Gasteiger partial charge < -0.3 is 16.0 Å². The summed E-state index contributed by atoms with van der Waals surface area (Å²) < 4.78 is 0. The van der Waals surface area contributed by atoms with E-state index >= 15 is 0 Å². The minimum atomic E-state index is -0.362. The van der Waals surface area contributed by atoms with Crippen molar-refractivity contribution in [3.8, 4) is 11.1 Å². The standard InChI is InChI=1S/C31H37N3O2/c1-2-19-34(29-17-16-25-12-15-27(30(32)35)21-28(25)22-29)20-7-6-18-33-31(36)26-13-10-24(11-14-26)23-8-4-3-5-9-23/h3-5,8-15,21,29H,2,6-7,16-20,22H2,1H3,(H2,32,35)(H,33,36)/t29-/m1/s1. The van der Waals surface area contributed by atoms with Crippen LogP contribution in [0.5, 0.6) is 0 Å². The quantitative estimate of drug-likeness (QED) is 0.367. The Kier molecular flexibility index (Phi) is 8.90. The van der Waals surface area contributed by atoms with Gasteiger partial charge in [0.2, 0.25) is 5.91 Å². The van der Waals surface area contributed by atoms with E-state index in [9.17, 15) is 9.59 Å². The van der Waals surface area contributed by atoms with E-state index in [0.717, 1.165) is 62.7 Å². The van der Waals surface area contributed by atoms with Crippen molar-refractivity contribution >= 4 is 11.8 Å². The van der Waals surface area contributed by atoms with E-state index in [0.29, 0.717) is 23.7 Å². The minimum absolute atomic E-state index is 0.0193. The summed E-state index contributed by atoms with van der Waals surface area (Å²) in [7, 11) is 0. The van der Waals surface area contributed by atoms with Gasteiger partial charge in [-0.1, -0.05) is 55.5 Å². The molecule has 1 aliphatic carbocycles. The molecule has 36 heavy (non-hydrogen) atoms. The summed E-state index contributed by atoms with van der Waals surface area (Å²) >= 11 is 0. The molecule has 5 nitrogen and oxygen atoms in total. The number of benzene rings is 3. The number of unbranched alkanes of at least 4 members (excludes halogenated alkanes) is 1. The van der Waals surface area contributed by atoms with Crippen molar-refractivity contribution in [3.05, 3.63) is 95.1 Å². The van der Waals surface area contributed by atoms with Gasteiger partial charge in [-0.05, 0) is 98.1 Å². The highest BCUT2D eigenvalue weighted by atomic mass is 16.2. The fourth-order valence-corrected chi connectivity index (χ4v) is 5.16. The van der Waals surface area contributed by atoms with Crippen LogP contribution in [0.1, 0.15) is 64.4 Å². The maximum absolute atomic E-state index is 12.6. The fraction of sp³-hybridized carbons (Fsp3) is 0.355. The van der Waals surface area contributed by atoms with E-state index in [2.05, 4.69) is 35.3 Å². The number of hydrogen-bond acceptors (Lipinski definition) is 3. The molecular weight excluding hydrogens is 446 g/mol. The van der Waals surface area contributed by atoms with Gasteiger partial charge in [0.15, 0.2) is 0 Å². The molecule has 0 saturated heterocycles. The van der Waals surface area contributed by atoms with Crippen LogP contribution >= 0.6 is 0 Å². The van der Waals surface area contributed by atoms with Crippen LogP contribution in [0.3, 0.4) is 0 Å². The predicted molar refractivity (Wildman–Crippen MR) is 146 cm³/mol. The zero-order valence-corrected chi connectivity index (χ0v) is 21.2. The lowest BCUT2D eigenvalue weighted by Crippen LogP contribution is -2.40. The molecule has 1 atom stereocenters. The highest BCUT2D eigenvalue weighted by molar-refractivity contribution is 5.94. The van der Waals surface area contributed by atoms with E-state index < -0.39 is 0 Å². The van der Waals surface area contributed by atoms with Crippen molar-refractivity contribution in [2.75, 3.05) is 19.6 Å². The summed E-state index contributed by atoms with van der Waals surface area (Å²) in [5.41, 5.74) is 11.6. The third-order valence-corrected chi connectivity index (χ3v) is 7.13. The Hall–Kier alpha value is -3.44. The Balaban J connectivity index is 1.23. The minimum Gasteiger partial charge on any atom is -0.366 e. The van der Waals surface area contributed by atoms with Crippen molar-refractivity contribution in [1.29, 1.82) is 0 Å². The lowest BCUT2D eigenvalue weighted by atomic mass is 9.86. The van der Waals surface area contributed by atoms with E-state index in [4.69, 9.17) is 5.73 Å². The molecule has 2 amide bonds.